The Labute approximate surface area is 228 Å². The van der Waals surface area contributed by atoms with Gasteiger partial charge in [-0.05, 0) is 72.6 Å². The Morgan fingerprint density at radius 1 is 0.897 bits per heavy atom. The van der Waals surface area contributed by atoms with Crippen molar-refractivity contribution in [3.05, 3.63) is 95.5 Å². The fourth-order valence-electron chi connectivity index (χ4n) is 6.50. The summed E-state index contributed by atoms with van der Waals surface area (Å²) >= 11 is 0. The average Bonchev–Trinajstić information content (AvgIpc) is 3.19. The molecule has 3 aromatic carbocycles. The number of allylic oxidation sites excluding steroid dienone is 2. The number of amides is 2. The van der Waals surface area contributed by atoms with Crippen molar-refractivity contribution in [3.63, 3.8) is 0 Å². The van der Waals surface area contributed by atoms with E-state index in [2.05, 4.69) is 5.32 Å². The summed E-state index contributed by atoms with van der Waals surface area (Å²) in [5.74, 6) is -1.74. The van der Waals surface area contributed by atoms with Crippen molar-refractivity contribution in [2.45, 2.75) is 32.8 Å². The number of rotatable bonds is 5. The Hall–Kier alpha value is -3.88. The van der Waals surface area contributed by atoms with Crippen molar-refractivity contribution in [3.8, 4) is 5.75 Å². The molecule has 2 amide bonds. The van der Waals surface area contributed by atoms with E-state index in [1.807, 2.05) is 62.4 Å². The number of hydrogen-bond donors (Lipinski definition) is 3. The van der Waals surface area contributed by atoms with Crippen LogP contribution in [0, 0.1) is 23.7 Å². The second-order valence-corrected chi connectivity index (χ2v) is 10.9. The predicted molar refractivity (Wildman–Crippen MR) is 150 cm³/mol. The molecular formula is C31H31BN2O5. The fourth-order valence-corrected chi connectivity index (χ4v) is 6.50. The van der Waals surface area contributed by atoms with Crippen LogP contribution in [0.1, 0.15) is 38.4 Å². The van der Waals surface area contributed by atoms with Crippen LogP contribution < -0.4 is 10.2 Å². The van der Waals surface area contributed by atoms with Gasteiger partial charge in [0, 0.05) is 16.9 Å². The van der Waals surface area contributed by atoms with Crippen LogP contribution >= 0.6 is 0 Å². The molecule has 3 N–H and O–H groups in total. The molecule has 2 aliphatic heterocycles. The maximum atomic E-state index is 14.0. The standard InChI is InChI=1S/C31H31BN2O5/c1-18(2)23-16-25-28(24-17-27(39-32(38)29(23)24)22-10-6-7-11-26(22)35)31(37)34(30(25)36)21-14-12-20(13-15-21)33-19-8-4-3-5-9-19/h3-15,18,24-25,27-28,33,35,38H,16-17H2,1-2H3/t24-,25-,27-,28+/m0/s1. The van der Waals surface area contributed by atoms with Crippen molar-refractivity contribution in [1.82, 2.24) is 0 Å². The summed E-state index contributed by atoms with van der Waals surface area (Å²) in [7, 11) is -1.20. The minimum Gasteiger partial charge on any atom is -0.508 e. The molecule has 7 nitrogen and oxygen atoms in total. The van der Waals surface area contributed by atoms with Crippen LogP contribution in [0.5, 0.6) is 5.75 Å². The number of fused-ring (bicyclic) bond motifs is 3. The van der Waals surface area contributed by atoms with Gasteiger partial charge in [0.05, 0.1) is 23.6 Å². The van der Waals surface area contributed by atoms with E-state index in [0.717, 1.165) is 22.4 Å². The van der Waals surface area contributed by atoms with Crippen molar-refractivity contribution >= 4 is 36.0 Å². The molecule has 3 aromatic rings. The second kappa shape index (κ2) is 10.0. The number of aromatic hydroxyl groups is 1. The number of benzene rings is 3. The first-order valence-corrected chi connectivity index (χ1v) is 13.5. The summed E-state index contributed by atoms with van der Waals surface area (Å²) < 4.78 is 6.01. The Morgan fingerprint density at radius 2 is 1.56 bits per heavy atom. The largest absolute Gasteiger partial charge is 0.508 e. The SMILES string of the molecule is CC(C)C1=C2B(O)O[C@H](c3ccccc3O)C[C@H]2[C@H]2C(=O)N(c3ccc(Nc4ccccc4)cc3)C(=O)[C@H]2C1. The molecule has 2 fully saturated rings. The number of imide groups is 1. The summed E-state index contributed by atoms with van der Waals surface area (Å²) in [6, 6.07) is 24.0. The number of phenols is 1. The van der Waals surface area contributed by atoms with E-state index in [4.69, 9.17) is 4.65 Å². The lowest BCUT2D eigenvalue weighted by atomic mass is 9.54. The highest BCUT2D eigenvalue weighted by molar-refractivity contribution is 6.53. The van der Waals surface area contributed by atoms with Crippen LogP contribution in [0.4, 0.5) is 17.1 Å². The Balaban J connectivity index is 1.32. The van der Waals surface area contributed by atoms with Gasteiger partial charge in [-0.25, -0.2) is 0 Å². The van der Waals surface area contributed by atoms with Gasteiger partial charge in [-0.15, -0.1) is 0 Å². The van der Waals surface area contributed by atoms with Crippen LogP contribution in [0.2, 0.25) is 0 Å². The second-order valence-electron chi connectivity index (χ2n) is 10.9. The van der Waals surface area contributed by atoms with Gasteiger partial charge in [-0.2, -0.15) is 0 Å². The molecule has 0 unspecified atom stereocenters. The Kier molecular flexibility index (Phi) is 6.53. The summed E-state index contributed by atoms with van der Waals surface area (Å²) in [5, 5.41) is 25.0. The van der Waals surface area contributed by atoms with Gasteiger partial charge in [0.2, 0.25) is 11.8 Å². The average molecular weight is 522 g/mol. The molecule has 2 heterocycles. The number of carbonyl (C=O) groups excluding carboxylic acids is 2. The molecule has 0 saturated carbocycles. The van der Waals surface area contributed by atoms with Gasteiger partial charge in [-0.3, -0.25) is 14.5 Å². The third kappa shape index (κ3) is 4.43. The molecule has 1 aliphatic carbocycles. The molecule has 3 aliphatic rings. The van der Waals surface area contributed by atoms with Gasteiger partial charge in [0.15, 0.2) is 0 Å². The van der Waals surface area contributed by atoms with Gasteiger partial charge in [0.1, 0.15) is 5.75 Å². The van der Waals surface area contributed by atoms with Gasteiger partial charge >= 0.3 is 7.12 Å². The van der Waals surface area contributed by atoms with E-state index >= 15 is 0 Å². The molecule has 0 spiro atoms. The fraction of sp³-hybridized carbons (Fsp3) is 0.290. The van der Waals surface area contributed by atoms with Crippen LogP contribution in [-0.2, 0) is 14.2 Å². The number of para-hydroxylation sites is 2. The van der Waals surface area contributed by atoms with E-state index < -0.39 is 25.1 Å². The van der Waals surface area contributed by atoms with E-state index in [9.17, 15) is 19.7 Å². The lowest BCUT2D eigenvalue weighted by molar-refractivity contribution is -0.123. The van der Waals surface area contributed by atoms with Crippen molar-refractivity contribution in [1.29, 1.82) is 0 Å². The zero-order chi connectivity index (χ0) is 27.3. The number of nitrogens with zero attached hydrogens (tertiary/aromatic N) is 1. The number of anilines is 3. The first kappa shape index (κ1) is 25.4. The zero-order valence-electron chi connectivity index (χ0n) is 22.0. The molecule has 8 heteroatoms. The maximum Gasteiger partial charge on any atom is 0.487 e. The number of hydrogen-bond acceptors (Lipinski definition) is 6. The van der Waals surface area contributed by atoms with Crippen molar-refractivity contribution < 1.29 is 24.4 Å². The number of nitrogens with one attached hydrogen (secondary N) is 1. The van der Waals surface area contributed by atoms with Crippen LogP contribution in [0.3, 0.4) is 0 Å². The highest BCUT2D eigenvalue weighted by Crippen LogP contribution is 2.53. The summed E-state index contributed by atoms with van der Waals surface area (Å²) in [6.45, 7) is 4.08. The molecule has 39 heavy (non-hydrogen) atoms. The van der Waals surface area contributed by atoms with E-state index in [0.29, 0.717) is 24.1 Å². The first-order chi connectivity index (χ1) is 18.8. The highest BCUT2D eigenvalue weighted by atomic mass is 16.5. The molecule has 0 bridgehead atoms. The van der Waals surface area contributed by atoms with Crippen LogP contribution in [0.25, 0.3) is 0 Å². The van der Waals surface area contributed by atoms with Crippen LogP contribution in [0.15, 0.2) is 89.9 Å². The predicted octanol–water partition coefficient (Wildman–Crippen LogP) is 5.40. The normalized spacial score (nSPS) is 24.7. The minimum absolute atomic E-state index is 0.0817. The molecule has 198 valence electrons. The Bertz CT molecular complexity index is 1440. The number of carbonyl (C=O) groups is 2. The Morgan fingerprint density at radius 3 is 2.26 bits per heavy atom. The van der Waals surface area contributed by atoms with E-state index in [-0.39, 0.29) is 29.4 Å². The molecule has 4 atom stereocenters. The van der Waals surface area contributed by atoms with E-state index in [1.165, 1.54) is 4.90 Å². The lowest BCUT2D eigenvalue weighted by Crippen LogP contribution is -2.45. The van der Waals surface area contributed by atoms with Gasteiger partial charge in [0.25, 0.3) is 0 Å². The third-order valence-corrected chi connectivity index (χ3v) is 8.32. The zero-order valence-corrected chi connectivity index (χ0v) is 22.0. The summed E-state index contributed by atoms with van der Waals surface area (Å²) in [6.07, 6.45) is 0.223. The smallest absolute Gasteiger partial charge is 0.487 e. The number of phenolic OH excluding ortho intramolecular Hbond substituents is 1. The molecule has 2 saturated heterocycles. The highest BCUT2D eigenvalue weighted by Gasteiger charge is 2.58. The van der Waals surface area contributed by atoms with Crippen LogP contribution in [-0.4, -0.2) is 29.1 Å². The van der Waals surface area contributed by atoms with Crippen molar-refractivity contribution in [2.75, 3.05) is 10.2 Å². The first-order valence-electron chi connectivity index (χ1n) is 13.5. The van der Waals surface area contributed by atoms with Crippen molar-refractivity contribution in [2.24, 2.45) is 23.7 Å². The molecular weight excluding hydrogens is 491 g/mol. The van der Waals surface area contributed by atoms with Gasteiger partial charge < -0.3 is 20.1 Å². The minimum atomic E-state index is -1.20. The monoisotopic (exact) mass is 522 g/mol. The van der Waals surface area contributed by atoms with E-state index in [1.54, 1.807) is 30.3 Å². The molecule has 0 aromatic heterocycles. The molecule has 6 rings (SSSR count). The van der Waals surface area contributed by atoms with Gasteiger partial charge in [-0.1, -0.05) is 55.8 Å². The third-order valence-electron chi connectivity index (χ3n) is 8.32. The summed E-state index contributed by atoms with van der Waals surface area (Å²) in [5.41, 5.74) is 4.61. The lowest BCUT2D eigenvalue weighted by Gasteiger charge is -2.43. The quantitative estimate of drug-likeness (QED) is 0.307. The molecule has 0 radical (unpaired) electrons. The summed E-state index contributed by atoms with van der Waals surface area (Å²) in [4.78, 5) is 29.1. The topological polar surface area (TPSA) is 99.1 Å². The maximum absolute atomic E-state index is 14.0.